The van der Waals surface area contributed by atoms with Gasteiger partial charge in [-0.2, -0.15) is 0 Å². The molecule has 1 aliphatic rings. The molecule has 7 heteroatoms. The van der Waals surface area contributed by atoms with Crippen LogP contribution in [0.25, 0.3) is 0 Å². The van der Waals surface area contributed by atoms with E-state index < -0.39 is 0 Å². The van der Waals surface area contributed by atoms with Crippen LogP contribution in [0, 0.1) is 6.92 Å². The third-order valence-corrected chi connectivity index (χ3v) is 4.04. The largest absolute Gasteiger partial charge is 0.361 e. The fourth-order valence-corrected chi connectivity index (χ4v) is 2.64. The van der Waals surface area contributed by atoms with Gasteiger partial charge in [-0.25, -0.2) is 0 Å². The molecule has 2 heterocycles. The van der Waals surface area contributed by atoms with E-state index in [4.69, 9.17) is 16.1 Å². The molecule has 0 aliphatic carbocycles. The summed E-state index contributed by atoms with van der Waals surface area (Å²) in [7, 11) is 0. The fourth-order valence-electron chi connectivity index (χ4n) is 2.52. The number of piperazine rings is 1. The third kappa shape index (κ3) is 3.37. The van der Waals surface area contributed by atoms with Gasteiger partial charge in [0.1, 0.15) is 5.76 Å². The highest BCUT2D eigenvalue weighted by molar-refractivity contribution is 6.30. The quantitative estimate of drug-likeness (QED) is 0.845. The van der Waals surface area contributed by atoms with Gasteiger partial charge in [0.05, 0.1) is 0 Å². The molecule has 0 radical (unpaired) electrons. The minimum absolute atomic E-state index is 0.0500. The van der Waals surface area contributed by atoms with Crippen LogP contribution >= 0.6 is 11.6 Å². The van der Waals surface area contributed by atoms with Gasteiger partial charge in [-0.1, -0.05) is 16.8 Å². The van der Waals surface area contributed by atoms with E-state index in [1.807, 2.05) is 0 Å². The van der Waals surface area contributed by atoms with Crippen LogP contribution < -0.4 is 0 Å². The van der Waals surface area contributed by atoms with Crippen LogP contribution in [-0.2, 0) is 0 Å². The summed E-state index contributed by atoms with van der Waals surface area (Å²) >= 11 is 5.83. The molecule has 0 spiro atoms. The van der Waals surface area contributed by atoms with E-state index in [-0.39, 0.29) is 11.8 Å². The van der Waals surface area contributed by atoms with Gasteiger partial charge in [0.2, 0.25) is 0 Å². The zero-order valence-electron chi connectivity index (χ0n) is 12.7. The van der Waals surface area contributed by atoms with Gasteiger partial charge in [-0.3, -0.25) is 9.59 Å². The van der Waals surface area contributed by atoms with Gasteiger partial charge in [0, 0.05) is 42.8 Å². The first kappa shape index (κ1) is 15.6. The Labute approximate surface area is 138 Å². The number of hydrogen-bond donors (Lipinski definition) is 0. The molecule has 1 aromatic carbocycles. The summed E-state index contributed by atoms with van der Waals surface area (Å²) in [6.45, 7) is 3.68. The summed E-state index contributed by atoms with van der Waals surface area (Å²) in [5.41, 5.74) is 0.904. The number of rotatable bonds is 2. The first-order valence-electron chi connectivity index (χ1n) is 7.32. The Morgan fingerprint density at radius 2 is 1.61 bits per heavy atom. The van der Waals surface area contributed by atoms with Crippen LogP contribution in [0.4, 0.5) is 0 Å². The molecule has 120 valence electrons. The topological polar surface area (TPSA) is 66.7 Å². The van der Waals surface area contributed by atoms with Crippen LogP contribution in [0.15, 0.2) is 34.9 Å². The smallest absolute Gasteiger partial charge is 0.276 e. The molecule has 2 amide bonds. The van der Waals surface area contributed by atoms with Crippen LogP contribution in [-0.4, -0.2) is 52.9 Å². The molecule has 1 aliphatic heterocycles. The first-order chi connectivity index (χ1) is 11.0. The van der Waals surface area contributed by atoms with Crippen molar-refractivity contribution in [1.82, 2.24) is 15.0 Å². The summed E-state index contributed by atoms with van der Waals surface area (Å²) < 4.78 is 4.93. The molecule has 0 bridgehead atoms. The number of hydrogen-bond acceptors (Lipinski definition) is 4. The van der Waals surface area contributed by atoms with Crippen molar-refractivity contribution in [2.24, 2.45) is 0 Å². The minimum Gasteiger partial charge on any atom is -0.361 e. The SMILES string of the molecule is Cc1cc(C(=O)N2CCN(C(=O)c3ccc(Cl)cc3)CC2)no1. The van der Waals surface area contributed by atoms with Crippen molar-refractivity contribution < 1.29 is 14.1 Å². The van der Waals surface area contributed by atoms with Crippen molar-refractivity contribution in [3.63, 3.8) is 0 Å². The van der Waals surface area contributed by atoms with Crippen LogP contribution in [0.5, 0.6) is 0 Å². The normalized spacial score (nSPS) is 14.9. The molecular weight excluding hydrogens is 318 g/mol. The Kier molecular flexibility index (Phi) is 4.34. The van der Waals surface area contributed by atoms with Gasteiger partial charge in [-0.15, -0.1) is 0 Å². The van der Waals surface area contributed by atoms with Crippen molar-refractivity contribution in [3.05, 3.63) is 52.4 Å². The van der Waals surface area contributed by atoms with E-state index in [1.54, 1.807) is 47.1 Å². The van der Waals surface area contributed by atoms with Crippen molar-refractivity contribution in [2.45, 2.75) is 6.92 Å². The zero-order chi connectivity index (χ0) is 16.4. The number of halogens is 1. The van der Waals surface area contributed by atoms with E-state index in [0.717, 1.165) is 0 Å². The average Bonchev–Trinajstić information content (AvgIpc) is 3.01. The Hall–Kier alpha value is -2.34. The van der Waals surface area contributed by atoms with Crippen molar-refractivity contribution in [3.8, 4) is 0 Å². The minimum atomic E-state index is -0.166. The van der Waals surface area contributed by atoms with Crippen LogP contribution in [0.2, 0.25) is 5.02 Å². The fraction of sp³-hybridized carbons (Fsp3) is 0.312. The lowest BCUT2D eigenvalue weighted by atomic mass is 10.2. The lowest BCUT2D eigenvalue weighted by Crippen LogP contribution is -2.50. The van der Waals surface area contributed by atoms with Crippen LogP contribution in [0.1, 0.15) is 26.6 Å². The molecule has 0 saturated carbocycles. The second-order valence-electron chi connectivity index (χ2n) is 5.41. The molecular formula is C16H16ClN3O3. The molecule has 23 heavy (non-hydrogen) atoms. The number of amides is 2. The van der Waals surface area contributed by atoms with Gasteiger partial charge in [0.15, 0.2) is 5.69 Å². The second-order valence-corrected chi connectivity index (χ2v) is 5.85. The van der Waals surface area contributed by atoms with E-state index in [1.165, 1.54) is 0 Å². The number of carbonyl (C=O) groups is 2. The summed E-state index contributed by atoms with van der Waals surface area (Å²) in [6.07, 6.45) is 0. The molecule has 6 nitrogen and oxygen atoms in total. The number of benzene rings is 1. The lowest BCUT2D eigenvalue weighted by molar-refractivity contribution is 0.0530. The Morgan fingerprint density at radius 3 is 2.13 bits per heavy atom. The monoisotopic (exact) mass is 333 g/mol. The molecule has 3 rings (SSSR count). The number of carbonyl (C=O) groups excluding carboxylic acids is 2. The second kappa shape index (κ2) is 6.42. The van der Waals surface area contributed by atoms with E-state index in [9.17, 15) is 9.59 Å². The Bertz CT molecular complexity index is 718. The molecule has 1 aromatic heterocycles. The Morgan fingerprint density at radius 1 is 1.04 bits per heavy atom. The van der Waals surface area contributed by atoms with Crippen molar-refractivity contribution in [1.29, 1.82) is 0 Å². The molecule has 0 N–H and O–H groups in total. The maximum atomic E-state index is 12.4. The molecule has 0 atom stereocenters. The van der Waals surface area contributed by atoms with E-state index >= 15 is 0 Å². The molecule has 1 fully saturated rings. The molecule has 0 unspecified atom stereocenters. The van der Waals surface area contributed by atoms with Gasteiger partial charge in [-0.05, 0) is 31.2 Å². The van der Waals surface area contributed by atoms with Gasteiger partial charge < -0.3 is 14.3 Å². The highest BCUT2D eigenvalue weighted by Gasteiger charge is 2.26. The van der Waals surface area contributed by atoms with Gasteiger partial charge in [0.25, 0.3) is 11.8 Å². The van der Waals surface area contributed by atoms with Gasteiger partial charge >= 0.3 is 0 Å². The number of nitrogens with zero attached hydrogens (tertiary/aromatic N) is 3. The highest BCUT2D eigenvalue weighted by atomic mass is 35.5. The van der Waals surface area contributed by atoms with Crippen molar-refractivity contribution >= 4 is 23.4 Å². The average molecular weight is 334 g/mol. The molecule has 1 saturated heterocycles. The number of aryl methyl sites for hydroxylation is 1. The first-order valence-corrected chi connectivity index (χ1v) is 7.70. The maximum Gasteiger partial charge on any atom is 0.276 e. The van der Waals surface area contributed by atoms with Crippen LogP contribution in [0.3, 0.4) is 0 Å². The summed E-state index contributed by atoms with van der Waals surface area (Å²) in [5, 5.41) is 4.34. The van der Waals surface area contributed by atoms with Crippen molar-refractivity contribution in [2.75, 3.05) is 26.2 Å². The standard InChI is InChI=1S/C16H16ClN3O3/c1-11-10-14(18-23-11)16(22)20-8-6-19(7-9-20)15(21)12-2-4-13(17)5-3-12/h2-5,10H,6-9H2,1H3. The predicted octanol–water partition coefficient (Wildman–Crippen LogP) is 2.23. The highest BCUT2D eigenvalue weighted by Crippen LogP contribution is 2.14. The Balaban J connectivity index is 1.61. The summed E-state index contributed by atoms with van der Waals surface area (Å²) in [4.78, 5) is 28.1. The number of aromatic nitrogens is 1. The zero-order valence-corrected chi connectivity index (χ0v) is 13.4. The third-order valence-electron chi connectivity index (χ3n) is 3.79. The summed E-state index contributed by atoms with van der Waals surface area (Å²) in [6, 6.07) is 8.43. The van der Waals surface area contributed by atoms with E-state index in [2.05, 4.69) is 5.16 Å². The van der Waals surface area contributed by atoms with E-state index in [0.29, 0.717) is 48.2 Å². The molecule has 2 aromatic rings. The lowest BCUT2D eigenvalue weighted by Gasteiger charge is -2.34. The summed E-state index contributed by atoms with van der Waals surface area (Å²) in [5.74, 6) is 0.386. The predicted molar refractivity (Wildman–Crippen MR) is 84.5 cm³/mol. The maximum absolute atomic E-state index is 12.4.